The highest BCUT2D eigenvalue weighted by molar-refractivity contribution is 7.18. The van der Waals surface area contributed by atoms with Crippen LogP contribution < -0.4 is 5.56 Å². The number of aryl methyl sites for hydroxylation is 2. The maximum Gasteiger partial charge on any atom is 0.262 e. The molecule has 0 atom stereocenters. The van der Waals surface area contributed by atoms with E-state index in [4.69, 9.17) is 0 Å². The van der Waals surface area contributed by atoms with E-state index in [2.05, 4.69) is 10.1 Å². The van der Waals surface area contributed by atoms with Gasteiger partial charge in [-0.1, -0.05) is 30.3 Å². The van der Waals surface area contributed by atoms with Gasteiger partial charge in [0.15, 0.2) is 0 Å². The summed E-state index contributed by atoms with van der Waals surface area (Å²) >= 11 is 1.62. The van der Waals surface area contributed by atoms with E-state index >= 15 is 0 Å². The Labute approximate surface area is 166 Å². The summed E-state index contributed by atoms with van der Waals surface area (Å²) in [4.78, 5) is 32.3. The van der Waals surface area contributed by atoms with Gasteiger partial charge >= 0.3 is 0 Å². The summed E-state index contributed by atoms with van der Waals surface area (Å²) in [5.41, 5.74) is 2.98. The molecule has 0 radical (unpaired) electrons. The summed E-state index contributed by atoms with van der Waals surface area (Å²) in [6.45, 7) is 0.513. The highest BCUT2D eigenvalue weighted by atomic mass is 32.1. The third-order valence-electron chi connectivity index (χ3n) is 5.44. The van der Waals surface area contributed by atoms with E-state index in [0.717, 1.165) is 47.4 Å². The Morgan fingerprint density at radius 3 is 2.79 bits per heavy atom. The van der Waals surface area contributed by atoms with Gasteiger partial charge in [0.1, 0.15) is 11.4 Å². The van der Waals surface area contributed by atoms with Gasteiger partial charge in [-0.25, -0.2) is 9.99 Å². The van der Waals surface area contributed by atoms with Crippen LogP contribution in [-0.4, -0.2) is 32.7 Å². The Morgan fingerprint density at radius 2 is 1.93 bits per heavy atom. The number of nitrogens with zero attached hydrogens (tertiary/aromatic N) is 4. The second kappa shape index (κ2) is 6.98. The molecule has 0 N–H and O–H groups in total. The van der Waals surface area contributed by atoms with Crippen LogP contribution >= 0.6 is 11.3 Å². The normalized spacial score (nSPS) is 16.3. The number of rotatable bonds is 3. The van der Waals surface area contributed by atoms with Gasteiger partial charge in [0.25, 0.3) is 11.5 Å². The Balaban J connectivity index is 1.41. The lowest BCUT2D eigenvalue weighted by atomic mass is 9.97. The van der Waals surface area contributed by atoms with Gasteiger partial charge in [-0.15, -0.1) is 11.3 Å². The molecular weight excluding hydrogens is 372 g/mol. The molecule has 0 saturated carbocycles. The molecule has 3 aromatic rings. The lowest BCUT2D eigenvalue weighted by Crippen LogP contribution is -2.32. The maximum atomic E-state index is 13.0. The quantitative estimate of drug-likeness (QED) is 0.688. The standard InChI is InChI=1S/C21H20N4O2S/c26-18(25-11-10-16(23-25)14-6-2-1-3-7-14)12-24-13-22-20-19(21(24)27)15-8-4-5-9-17(15)28-20/h1-3,6-7,13H,4-5,8-12H2. The zero-order chi connectivity index (χ0) is 19.1. The first-order valence-corrected chi connectivity index (χ1v) is 10.5. The Hall–Kier alpha value is -2.80. The average Bonchev–Trinajstić information content (AvgIpc) is 3.36. The molecule has 1 amide bonds. The summed E-state index contributed by atoms with van der Waals surface area (Å²) in [7, 11) is 0. The van der Waals surface area contributed by atoms with Crippen LogP contribution in [0.5, 0.6) is 0 Å². The maximum absolute atomic E-state index is 13.0. The number of benzene rings is 1. The number of carbonyl (C=O) groups is 1. The topological polar surface area (TPSA) is 67.6 Å². The number of hydrazone groups is 1. The fraction of sp³-hybridized carbons (Fsp3) is 0.333. The number of fused-ring (bicyclic) bond motifs is 3. The third kappa shape index (κ3) is 2.96. The minimum atomic E-state index is -0.182. The fourth-order valence-electron chi connectivity index (χ4n) is 3.99. The highest BCUT2D eigenvalue weighted by Crippen LogP contribution is 2.33. The van der Waals surface area contributed by atoms with E-state index < -0.39 is 0 Å². The predicted octanol–water partition coefficient (Wildman–Crippen LogP) is 2.97. The van der Waals surface area contributed by atoms with Crippen molar-refractivity contribution < 1.29 is 4.79 Å². The van der Waals surface area contributed by atoms with Crippen LogP contribution in [0.1, 0.15) is 35.3 Å². The summed E-state index contributed by atoms with van der Waals surface area (Å²) in [5, 5.41) is 6.66. The predicted molar refractivity (Wildman–Crippen MR) is 110 cm³/mol. The second-order valence-electron chi connectivity index (χ2n) is 7.25. The molecule has 6 nitrogen and oxygen atoms in total. The zero-order valence-corrected chi connectivity index (χ0v) is 16.2. The fourth-order valence-corrected chi connectivity index (χ4v) is 5.21. The molecule has 0 fully saturated rings. The van der Waals surface area contributed by atoms with Gasteiger partial charge in [-0.2, -0.15) is 5.10 Å². The zero-order valence-electron chi connectivity index (χ0n) is 15.4. The van der Waals surface area contributed by atoms with Crippen LogP contribution in [0.3, 0.4) is 0 Å². The number of hydrogen-bond donors (Lipinski definition) is 0. The van der Waals surface area contributed by atoms with E-state index in [9.17, 15) is 9.59 Å². The van der Waals surface area contributed by atoms with Gasteiger partial charge in [0, 0.05) is 11.3 Å². The Bertz CT molecular complexity index is 1150. The lowest BCUT2D eigenvalue weighted by Gasteiger charge is -2.13. The summed E-state index contributed by atoms with van der Waals surface area (Å²) in [6, 6.07) is 9.87. The number of hydrogen-bond acceptors (Lipinski definition) is 5. The van der Waals surface area contributed by atoms with Crippen molar-refractivity contribution in [2.75, 3.05) is 6.54 Å². The number of amides is 1. The second-order valence-corrected chi connectivity index (χ2v) is 8.33. The van der Waals surface area contributed by atoms with E-state index in [0.29, 0.717) is 11.9 Å². The van der Waals surface area contributed by atoms with Crippen LogP contribution in [0, 0.1) is 0 Å². The number of thiophene rings is 1. The van der Waals surface area contributed by atoms with Gasteiger partial charge in [-0.05, 0) is 36.8 Å². The molecular formula is C21H20N4O2S. The SMILES string of the molecule is O=C(Cn1cnc2sc3c(c2c1=O)CCCC3)N1CCC(c2ccccc2)=N1. The van der Waals surface area contributed by atoms with E-state index in [1.54, 1.807) is 11.3 Å². The van der Waals surface area contributed by atoms with Crippen molar-refractivity contribution >= 4 is 33.2 Å². The molecule has 5 rings (SSSR count). The van der Waals surface area contributed by atoms with Gasteiger partial charge in [0.05, 0.1) is 24.0 Å². The molecule has 28 heavy (non-hydrogen) atoms. The third-order valence-corrected chi connectivity index (χ3v) is 6.64. The van der Waals surface area contributed by atoms with Crippen molar-refractivity contribution in [2.24, 2.45) is 5.10 Å². The van der Waals surface area contributed by atoms with Gasteiger partial charge in [-0.3, -0.25) is 14.2 Å². The molecule has 1 aromatic carbocycles. The van der Waals surface area contributed by atoms with Crippen molar-refractivity contribution in [1.82, 2.24) is 14.6 Å². The monoisotopic (exact) mass is 392 g/mol. The molecule has 1 aliphatic heterocycles. The minimum absolute atomic E-state index is 0.0298. The molecule has 142 valence electrons. The smallest absolute Gasteiger partial charge is 0.262 e. The number of carbonyl (C=O) groups excluding carboxylic acids is 1. The molecule has 1 aliphatic carbocycles. The van der Waals surface area contributed by atoms with Gasteiger partial charge < -0.3 is 0 Å². The van der Waals surface area contributed by atoms with E-state index in [-0.39, 0.29) is 18.0 Å². The summed E-state index contributed by atoms with van der Waals surface area (Å²) in [5.74, 6) is -0.182. The molecule has 0 unspecified atom stereocenters. The molecule has 0 saturated heterocycles. The van der Waals surface area contributed by atoms with Crippen molar-refractivity contribution in [2.45, 2.75) is 38.6 Å². The number of aromatic nitrogens is 2. The Kier molecular flexibility index (Phi) is 4.31. The molecule has 2 aliphatic rings. The highest BCUT2D eigenvalue weighted by Gasteiger charge is 2.24. The van der Waals surface area contributed by atoms with Crippen LogP contribution in [0.25, 0.3) is 10.2 Å². The van der Waals surface area contributed by atoms with Crippen LogP contribution in [-0.2, 0) is 24.2 Å². The molecule has 0 bridgehead atoms. The Morgan fingerprint density at radius 1 is 1.11 bits per heavy atom. The molecule has 2 aromatic heterocycles. The van der Waals surface area contributed by atoms with Crippen molar-refractivity contribution in [3.05, 3.63) is 63.0 Å². The first-order chi connectivity index (χ1) is 13.7. The lowest BCUT2D eigenvalue weighted by molar-refractivity contribution is -0.131. The molecule has 7 heteroatoms. The first kappa shape index (κ1) is 17.3. The van der Waals surface area contributed by atoms with Crippen LogP contribution in [0.4, 0.5) is 0 Å². The van der Waals surface area contributed by atoms with Crippen molar-refractivity contribution in [1.29, 1.82) is 0 Å². The van der Waals surface area contributed by atoms with Crippen LogP contribution in [0.2, 0.25) is 0 Å². The molecule has 3 heterocycles. The van der Waals surface area contributed by atoms with Crippen LogP contribution in [0.15, 0.2) is 46.6 Å². The van der Waals surface area contributed by atoms with E-state index in [1.807, 2.05) is 30.3 Å². The molecule has 0 spiro atoms. The van der Waals surface area contributed by atoms with E-state index in [1.165, 1.54) is 27.2 Å². The van der Waals surface area contributed by atoms with Crippen molar-refractivity contribution in [3.63, 3.8) is 0 Å². The minimum Gasteiger partial charge on any atom is -0.289 e. The summed E-state index contributed by atoms with van der Waals surface area (Å²) in [6.07, 6.45) is 6.46. The average molecular weight is 392 g/mol. The van der Waals surface area contributed by atoms with Gasteiger partial charge in [0.2, 0.25) is 0 Å². The summed E-state index contributed by atoms with van der Waals surface area (Å²) < 4.78 is 1.43. The first-order valence-electron chi connectivity index (χ1n) is 9.63. The largest absolute Gasteiger partial charge is 0.289 e. The van der Waals surface area contributed by atoms with Crippen molar-refractivity contribution in [3.8, 4) is 0 Å².